The van der Waals surface area contributed by atoms with E-state index in [1.807, 2.05) is 12.1 Å². The fourth-order valence-corrected chi connectivity index (χ4v) is 2.01. The number of aldehydes is 1. The minimum atomic E-state index is 0.524. The Morgan fingerprint density at radius 2 is 2.36 bits per heavy atom. The summed E-state index contributed by atoms with van der Waals surface area (Å²) in [6.45, 7) is 0.726. The van der Waals surface area contributed by atoms with Crippen LogP contribution in [-0.2, 0) is 17.6 Å². The monoisotopic (exact) mass is 210 g/mol. The highest BCUT2D eigenvalue weighted by molar-refractivity contribution is 6.30. The van der Waals surface area contributed by atoms with Gasteiger partial charge in [0.2, 0.25) is 0 Å². The molecule has 0 saturated heterocycles. The zero-order valence-corrected chi connectivity index (χ0v) is 8.51. The average Bonchev–Trinajstić information content (AvgIpc) is 2.61. The van der Waals surface area contributed by atoms with Crippen LogP contribution in [-0.4, -0.2) is 12.9 Å². The Kier molecular flexibility index (Phi) is 2.73. The fourth-order valence-electron chi connectivity index (χ4n) is 1.75. The zero-order valence-electron chi connectivity index (χ0n) is 7.75. The molecule has 0 saturated carbocycles. The molecule has 1 aliphatic rings. The first-order valence-corrected chi connectivity index (χ1v) is 5.07. The third-order valence-electron chi connectivity index (χ3n) is 2.36. The van der Waals surface area contributed by atoms with Crippen molar-refractivity contribution < 1.29 is 9.53 Å². The quantitative estimate of drug-likeness (QED) is 0.717. The predicted molar refractivity (Wildman–Crippen MR) is 55.0 cm³/mol. The number of carbonyl (C=O) groups is 1. The Morgan fingerprint density at radius 3 is 3.14 bits per heavy atom. The number of halogens is 1. The second kappa shape index (κ2) is 4.01. The molecule has 1 heterocycles. The number of carbonyl (C=O) groups excluding carboxylic acids is 1. The standard InChI is InChI=1S/C11H11ClO2/c12-10-6-8(2-1-4-13)11-9(7-10)3-5-14-11/h4,6-7H,1-3,5H2. The van der Waals surface area contributed by atoms with Gasteiger partial charge in [-0.2, -0.15) is 0 Å². The third kappa shape index (κ3) is 1.75. The van der Waals surface area contributed by atoms with Crippen LogP contribution in [0.4, 0.5) is 0 Å². The van der Waals surface area contributed by atoms with Crippen molar-refractivity contribution in [1.82, 2.24) is 0 Å². The van der Waals surface area contributed by atoms with E-state index in [-0.39, 0.29) is 0 Å². The van der Waals surface area contributed by atoms with Gasteiger partial charge in [0, 0.05) is 17.9 Å². The van der Waals surface area contributed by atoms with E-state index in [4.69, 9.17) is 16.3 Å². The van der Waals surface area contributed by atoms with Gasteiger partial charge in [0.15, 0.2) is 0 Å². The number of benzene rings is 1. The van der Waals surface area contributed by atoms with Crippen LogP contribution < -0.4 is 4.74 Å². The molecule has 0 aliphatic carbocycles. The van der Waals surface area contributed by atoms with Crippen LogP contribution in [0, 0.1) is 0 Å². The second-order valence-electron chi connectivity index (χ2n) is 3.36. The lowest BCUT2D eigenvalue weighted by Crippen LogP contribution is -1.93. The van der Waals surface area contributed by atoms with Crippen LogP contribution >= 0.6 is 11.6 Å². The number of aryl methyl sites for hydroxylation is 1. The number of hydrogen-bond acceptors (Lipinski definition) is 2. The van der Waals surface area contributed by atoms with Gasteiger partial charge in [-0.15, -0.1) is 0 Å². The molecule has 0 radical (unpaired) electrons. The van der Waals surface area contributed by atoms with E-state index in [1.54, 1.807) is 0 Å². The molecular weight excluding hydrogens is 200 g/mol. The van der Waals surface area contributed by atoms with Crippen molar-refractivity contribution in [2.75, 3.05) is 6.61 Å². The Hall–Kier alpha value is -1.02. The maximum atomic E-state index is 10.3. The minimum Gasteiger partial charge on any atom is -0.493 e. The summed E-state index contributed by atoms with van der Waals surface area (Å²) in [6, 6.07) is 3.82. The molecule has 0 aromatic heterocycles. The molecule has 0 fully saturated rings. The van der Waals surface area contributed by atoms with Gasteiger partial charge < -0.3 is 9.53 Å². The number of ether oxygens (including phenoxy) is 1. The lowest BCUT2D eigenvalue weighted by molar-refractivity contribution is -0.107. The largest absolute Gasteiger partial charge is 0.493 e. The van der Waals surface area contributed by atoms with Crippen LogP contribution in [0.5, 0.6) is 5.75 Å². The highest BCUT2D eigenvalue weighted by Gasteiger charge is 2.16. The first kappa shape index (κ1) is 9.53. The van der Waals surface area contributed by atoms with Gasteiger partial charge in [-0.05, 0) is 29.7 Å². The Morgan fingerprint density at radius 1 is 1.50 bits per heavy atom. The highest BCUT2D eigenvalue weighted by Crippen LogP contribution is 2.33. The van der Waals surface area contributed by atoms with Crippen molar-refractivity contribution in [3.8, 4) is 5.75 Å². The molecule has 0 unspecified atom stereocenters. The molecule has 0 bridgehead atoms. The van der Waals surface area contributed by atoms with Crippen LogP contribution in [0.3, 0.4) is 0 Å². The lowest BCUT2D eigenvalue weighted by Gasteiger charge is -2.06. The van der Waals surface area contributed by atoms with Crippen molar-refractivity contribution in [3.05, 3.63) is 28.3 Å². The van der Waals surface area contributed by atoms with Crippen molar-refractivity contribution in [3.63, 3.8) is 0 Å². The molecule has 3 heteroatoms. The van der Waals surface area contributed by atoms with Gasteiger partial charge >= 0.3 is 0 Å². The van der Waals surface area contributed by atoms with Crippen molar-refractivity contribution in [2.24, 2.45) is 0 Å². The number of rotatable bonds is 3. The molecule has 0 atom stereocenters. The molecule has 1 aromatic rings. The van der Waals surface area contributed by atoms with Gasteiger partial charge in [0.1, 0.15) is 12.0 Å². The number of fused-ring (bicyclic) bond motifs is 1. The second-order valence-corrected chi connectivity index (χ2v) is 3.79. The van der Waals surface area contributed by atoms with Crippen LogP contribution in [0.25, 0.3) is 0 Å². The maximum Gasteiger partial charge on any atom is 0.125 e. The van der Waals surface area contributed by atoms with Gasteiger partial charge in [0.05, 0.1) is 6.61 Å². The normalized spacial score (nSPS) is 13.5. The zero-order chi connectivity index (χ0) is 9.97. The van der Waals surface area contributed by atoms with Crippen LogP contribution in [0.1, 0.15) is 17.5 Å². The first-order valence-electron chi connectivity index (χ1n) is 4.69. The summed E-state index contributed by atoms with van der Waals surface area (Å²) in [5, 5.41) is 0.732. The van der Waals surface area contributed by atoms with E-state index in [0.717, 1.165) is 35.6 Å². The van der Waals surface area contributed by atoms with Gasteiger partial charge in [0.25, 0.3) is 0 Å². The molecule has 0 spiro atoms. The van der Waals surface area contributed by atoms with Gasteiger partial charge in [-0.1, -0.05) is 11.6 Å². The van der Waals surface area contributed by atoms with Crippen LogP contribution in [0.15, 0.2) is 12.1 Å². The van der Waals surface area contributed by atoms with Crippen molar-refractivity contribution in [1.29, 1.82) is 0 Å². The summed E-state index contributed by atoms with van der Waals surface area (Å²) in [7, 11) is 0. The van der Waals surface area contributed by atoms with E-state index in [2.05, 4.69) is 0 Å². The first-order chi connectivity index (χ1) is 6.81. The van der Waals surface area contributed by atoms with E-state index in [9.17, 15) is 4.79 Å². The lowest BCUT2D eigenvalue weighted by atomic mass is 10.0. The summed E-state index contributed by atoms with van der Waals surface area (Å²) < 4.78 is 5.51. The van der Waals surface area contributed by atoms with Crippen molar-refractivity contribution in [2.45, 2.75) is 19.3 Å². The van der Waals surface area contributed by atoms with Gasteiger partial charge in [-0.25, -0.2) is 0 Å². The Bertz CT molecular complexity index is 361. The molecule has 74 valence electrons. The molecular formula is C11H11ClO2. The number of hydrogen-bond donors (Lipinski definition) is 0. The Balaban J connectivity index is 2.33. The molecule has 2 rings (SSSR count). The summed E-state index contributed by atoms with van der Waals surface area (Å²) >= 11 is 5.96. The molecule has 1 aromatic carbocycles. The SMILES string of the molecule is O=CCCc1cc(Cl)cc2c1OCC2. The molecule has 14 heavy (non-hydrogen) atoms. The topological polar surface area (TPSA) is 26.3 Å². The molecule has 0 N–H and O–H groups in total. The van der Waals surface area contributed by atoms with Crippen LogP contribution in [0.2, 0.25) is 5.02 Å². The molecule has 2 nitrogen and oxygen atoms in total. The summed E-state index contributed by atoms with van der Waals surface area (Å²) in [5.41, 5.74) is 2.22. The third-order valence-corrected chi connectivity index (χ3v) is 2.58. The smallest absolute Gasteiger partial charge is 0.125 e. The minimum absolute atomic E-state index is 0.524. The molecule has 1 aliphatic heterocycles. The average molecular weight is 211 g/mol. The van der Waals surface area contributed by atoms with Gasteiger partial charge in [-0.3, -0.25) is 0 Å². The fraction of sp³-hybridized carbons (Fsp3) is 0.364. The summed E-state index contributed by atoms with van der Waals surface area (Å²) in [5.74, 6) is 0.941. The molecule has 0 amide bonds. The summed E-state index contributed by atoms with van der Waals surface area (Å²) in [6.07, 6.45) is 3.08. The van der Waals surface area contributed by atoms with E-state index < -0.39 is 0 Å². The van der Waals surface area contributed by atoms with E-state index >= 15 is 0 Å². The highest BCUT2D eigenvalue weighted by atomic mass is 35.5. The van der Waals surface area contributed by atoms with Crippen molar-refractivity contribution >= 4 is 17.9 Å². The maximum absolute atomic E-state index is 10.3. The predicted octanol–water partition coefficient (Wildman–Crippen LogP) is 2.41. The van der Waals surface area contributed by atoms with E-state index in [1.165, 1.54) is 5.56 Å². The Labute approximate surface area is 87.8 Å². The summed E-state index contributed by atoms with van der Waals surface area (Å²) in [4.78, 5) is 10.3. The van der Waals surface area contributed by atoms with E-state index in [0.29, 0.717) is 12.8 Å².